The van der Waals surface area contributed by atoms with Gasteiger partial charge in [-0.05, 0) is 18.6 Å². The van der Waals surface area contributed by atoms with Crippen LogP contribution in [0.5, 0.6) is 5.88 Å². The molecule has 2 rings (SSSR count). The van der Waals surface area contributed by atoms with Gasteiger partial charge in [-0.1, -0.05) is 31.5 Å². The van der Waals surface area contributed by atoms with Crippen LogP contribution < -0.4 is 16.7 Å². The van der Waals surface area contributed by atoms with Crippen LogP contribution in [0.2, 0.25) is 0 Å². The van der Waals surface area contributed by atoms with Crippen molar-refractivity contribution in [1.82, 2.24) is 15.0 Å². The summed E-state index contributed by atoms with van der Waals surface area (Å²) < 4.78 is 0.946. The van der Waals surface area contributed by atoms with E-state index in [1.165, 1.54) is 0 Å². The lowest BCUT2D eigenvalue weighted by Crippen LogP contribution is -2.31. The van der Waals surface area contributed by atoms with Gasteiger partial charge in [0.1, 0.15) is 5.56 Å². The maximum absolute atomic E-state index is 11.9. The Kier molecular flexibility index (Phi) is 5.67. The second kappa shape index (κ2) is 7.91. The van der Waals surface area contributed by atoms with Crippen molar-refractivity contribution in [3.8, 4) is 11.6 Å². The first-order chi connectivity index (χ1) is 11.5. The number of nitrogens with zero attached hydrogens (tertiary/aromatic N) is 2. The molecule has 1 aromatic heterocycles. The molecule has 0 aliphatic carbocycles. The lowest BCUT2D eigenvalue weighted by Gasteiger charge is -2.09. The van der Waals surface area contributed by atoms with Crippen LogP contribution in [0.15, 0.2) is 45.0 Å². The van der Waals surface area contributed by atoms with Gasteiger partial charge in [0.25, 0.3) is 5.56 Å². The predicted molar refractivity (Wildman–Crippen MR) is 89.6 cm³/mol. The number of aromatic amines is 1. The van der Waals surface area contributed by atoms with Crippen LogP contribution in [0.25, 0.3) is 5.69 Å². The van der Waals surface area contributed by atoms with Gasteiger partial charge >= 0.3 is 5.69 Å². The summed E-state index contributed by atoms with van der Waals surface area (Å²) in [4.78, 5) is 37.4. The molecular weight excluding hydrogens is 312 g/mol. The lowest BCUT2D eigenvalue weighted by molar-refractivity contribution is -0.121. The highest BCUT2D eigenvalue weighted by atomic mass is 16.3. The van der Waals surface area contributed by atoms with Gasteiger partial charge < -0.3 is 5.11 Å². The number of nitrogens with one attached hydrogen (secondary N) is 2. The monoisotopic (exact) mass is 330 g/mol. The number of rotatable bonds is 6. The second-order valence-electron chi connectivity index (χ2n) is 5.06. The SMILES string of the molecule is CCCCC(=O)N/N=C/c1c(O)n(-c2ccccc2)c(=O)[nH]c1=O. The Balaban J connectivity index is 2.33. The molecule has 2 aromatic rings. The van der Waals surface area contributed by atoms with Gasteiger partial charge in [-0.15, -0.1) is 0 Å². The molecule has 0 radical (unpaired) electrons. The molecule has 0 atom stereocenters. The molecule has 3 N–H and O–H groups in total. The zero-order valence-corrected chi connectivity index (χ0v) is 13.2. The Bertz CT molecular complexity index is 853. The normalized spacial score (nSPS) is 10.9. The van der Waals surface area contributed by atoms with Crippen molar-refractivity contribution >= 4 is 12.1 Å². The van der Waals surface area contributed by atoms with E-state index in [4.69, 9.17) is 0 Å². The van der Waals surface area contributed by atoms with Gasteiger partial charge in [-0.3, -0.25) is 14.6 Å². The molecule has 0 spiro atoms. The van der Waals surface area contributed by atoms with Gasteiger partial charge in [0.15, 0.2) is 0 Å². The number of aromatic hydroxyl groups is 1. The number of para-hydroxylation sites is 1. The lowest BCUT2D eigenvalue weighted by atomic mass is 10.2. The van der Waals surface area contributed by atoms with Crippen LogP contribution in [0.1, 0.15) is 31.7 Å². The number of H-pyrrole nitrogens is 1. The summed E-state index contributed by atoms with van der Waals surface area (Å²) in [6, 6.07) is 8.34. The fourth-order valence-corrected chi connectivity index (χ4v) is 2.03. The van der Waals surface area contributed by atoms with Crippen LogP contribution in [-0.2, 0) is 4.79 Å². The van der Waals surface area contributed by atoms with Gasteiger partial charge in [-0.2, -0.15) is 5.10 Å². The van der Waals surface area contributed by atoms with Crippen LogP contribution in [-0.4, -0.2) is 26.8 Å². The molecule has 0 saturated carbocycles. The molecule has 8 nitrogen and oxygen atoms in total. The molecule has 0 fully saturated rings. The first-order valence-corrected chi connectivity index (χ1v) is 7.50. The van der Waals surface area contributed by atoms with Gasteiger partial charge in [0, 0.05) is 6.42 Å². The quantitative estimate of drug-likeness (QED) is 0.538. The molecule has 8 heteroatoms. The van der Waals surface area contributed by atoms with E-state index in [1.54, 1.807) is 30.3 Å². The van der Waals surface area contributed by atoms with E-state index in [1.807, 2.05) is 6.92 Å². The third kappa shape index (κ3) is 3.97. The van der Waals surface area contributed by atoms with E-state index in [9.17, 15) is 19.5 Å². The summed E-state index contributed by atoms with van der Waals surface area (Å²) in [6.45, 7) is 1.96. The minimum atomic E-state index is -0.795. The minimum Gasteiger partial charge on any atom is -0.493 e. The first kappa shape index (κ1) is 17.2. The molecule has 1 aromatic carbocycles. The van der Waals surface area contributed by atoms with Crippen molar-refractivity contribution in [1.29, 1.82) is 0 Å². The van der Waals surface area contributed by atoms with Gasteiger partial charge in [0.2, 0.25) is 11.8 Å². The van der Waals surface area contributed by atoms with Crippen LogP contribution in [0.4, 0.5) is 0 Å². The first-order valence-electron chi connectivity index (χ1n) is 7.50. The molecule has 1 amide bonds. The third-order valence-electron chi connectivity index (χ3n) is 3.28. The molecule has 1 heterocycles. The Hall–Kier alpha value is -3.16. The van der Waals surface area contributed by atoms with Crippen LogP contribution in [0, 0.1) is 0 Å². The topological polar surface area (TPSA) is 117 Å². The molecule has 0 unspecified atom stereocenters. The van der Waals surface area contributed by atoms with E-state index in [0.29, 0.717) is 12.1 Å². The smallest absolute Gasteiger partial charge is 0.335 e. The number of hydrogen-bond acceptors (Lipinski definition) is 5. The van der Waals surface area contributed by atoms with Gasteiger partial charge in [0.05, 0.1) is 11.9 Å². The number of unbranched alkanes of at least 4 members (excludes halogenated alkanes) is 1. The molecule has 0 aliphatic rings. The Morgan fingerprint density at radius 3 is 2.71 bits per heavy atom. The molecule has 0 bridgehead atoms. The highest BCUT2D eigenvalue weighted by Crippen LogP contribution is 2.14. The molecule has 0 saturated heterocycles. The Morgan fingerprint density at radius 1 is 1.33 bits per heavy atom. The predicted octanol–water partition coefficient (Wildman–Crippen LogP) is 0.872. The van der Waals surface area contributed by atoms with Crippen molar-refractivity contribution in [3.05, 3.63) is 56.7 Å². The van der Waals surface area contributed by atoms with Crippen molar-refractivity contribution < 1.29 is 9.90 Å². The van der Waals surface area contributed by atoms with Crippen molar-refractivity contribution in [2.24, 2.45) is 5.10 Å². The number of aromatic nitrogens is 2. The average molecular weight is 330 g/mol. The summed E-state index contributed by atoms with van der Waals surface area (Å²) in [5.41, 5.74) is 0.867. The fraction of sp³-hybridized carbons (Fsp3) is 0.250. The molecule has 24 heavy (non-hydrogen) atoms. The number of benzene rings is 1. The van der Waals surface area contributed by atoms with Crippen molar-refractivity contribution in [2.45, 2.75) is 26.2 Å². The average Bonchev–Trinajstić information content (AvgIpc) is 2.56. The standard InChI is InChI=1S/C16H18N4O4/c1-2-3-9-13(21)19-17-10-12-14(22)18-16(24)20(15(12)23)11-7-5-4-6-8-11/h4-8,10,23H,2-3,9H2,1H3,(H,19,21)(H,18,22,24)/b17-10+. The summed E-state index contributed by atoms with van der Waals surface area (Å²) >= 11 is 0. The summed E-state index contributed by atoms with van der Waals surface area (Å²) in [6.07, 6.45) is 2.93. The zero-order chi connectivity index (χ0) is 17.5. The van der Waals surface area contributed by atoms with E-state index in [0.717, 1.165) is 23.6 Å². The van der Waals surface area contributed by atoms with E-state index < -0.39 is 17.1 Å². The highest BCUT2D eigenvalue weighted by molar-refractivity contribution is 5.84. The fourth-order valence-electron chi connectivity index (χ4n) is 2.03. The number of hydrogen-bond donors (Lipinski definition) is 3. The summed E-state index contributed by atoms with van der Waals surface area (Å²) in [7, 11) is 0. The zero-order valence-electron chi connectivity index (χ0n) is 13.2. The van der Waals surface area contributed by atoms with Crippen LogP contribution in [0.3, 0.4) is 0 Å². The minimum absolute atomic E-state index is 0.228. The molecule has 0 aliphatic heterocycles. The largest absolute Gasteiger partial charge is 0.493 e. The summed E-state index contributed by atoms with van der Waals surface area (Å²) in [5.74, 6) is -0.845. The summed E-state index contributed by atoms with van der Waals surface area (Å²) in [5, 5.41) is 13.9. The number of carbonyl (C=O) groups is 1. The van der Waals surface area contributed by atoms with Crippen molar-refractivity contribution in [3.63, 3.8) is 0 Å². The molecular formula is C16H18N4O4. The van der Waals surface area contributed by atoms with Crippen LogP contribution >= 0.6 is 0 Å². The number of amides is 1. The number of carbonyl (C=O) groups excluding carboxylic acids is 1. The Labute approximate surface area is 137 Å². The maximum atomic E-state index is 11.9. The van der Waals surface area contributed by atoms with Crippen molar-refractivity contribution in [2.75, 3.05) is 0 Å². The Morgan fingerprint density at radius 2 is 2.04 bits per heavy atom. The maximum Gasteiger partial charge on any atom is 0.335 e. The second-order valence-corrected chi connectivity index (χ2v) is 5.06. The van der Waals surface area contributed by atoms with E-state index in [2.05, 4.69) is 15.5 Å². The number of hydrazone groups is 1. The molecule has 126 valence electrons. The van der Waals surface area contributed by atoms with E-state index >= 15 is 0 Å². The van der Waals surface area contributed by atoms with E-state index in [-0.39, 0.29) is 11.5 Å². The van der Waals surface area contributed by atoms with Gasteiger partial charge in [-0.25, -0.2) is 14.8 Å². The third-order valence-corrected chi connectivity index (χ3v) is 3.28. The highest BCUT2D eigenvalue weighted by Gasteiger charge is 2.14.